The minimum absolute atomic E-state index is 0.0229. The lowest BCUT2D eigenvalue weighted by molar-refractivity contribution is -0.230. The van der Waals surface area contributed by atoms with Gasteiger partial charge in [0.05, 0.1) is 13.0 Å². The lowest BCUT2D eigenvalue weighted by atomic mass is 10.1. The van der Waals surface area contributed by atoms with Crippen molar-refractivity contribution >= 4 is 17.9 Å². The molecule has 0 spiro atoms. The lowest BCUT2D eigenvalue weighted by Crippen LogP contribution is -2.47. The molecule has 21 heavy (non-hydrogen) atoms. The van der Waals surface area contributed by atoms with Crippen LogP contribution >= 0.6 is 0 Å². The second-order valence-corrected chi connectivity index (χ2v) is 4.61. The molecule has 0 unspecified atom stereocenters. The van der Waals surface area contributed by atoms with E-state index < -0.39 is 36.4 Å². The van der Waals surface area contributed by atoms with Gasteiger partial charge in [0, 0.05) is 19.3 Å². The number of ether oxygens (including phenoxy) is 4. The zero-order valence-electron chi connectivity index (χ0n) is 12.6. The van der Waals surface area contributed by atoms with E-state index in [1.165, 1.54) is 0 Å². The van der Waals surface area contributed by atoms with Gasteiger partial charge in [-0.1, -0.05) is 20.8 Å². The van der Waals surface area contributed by atoms with Gasteiger partial charge >= 0.3 is 17.9 Å². The van der Waals surface area contributed by atoms with Crippen LogP contribution < -0.4 is 0 Å². The molecule has 1 rings (SSSR count). The highest BCUT2D eigenvalue weighted by Crippen LogP contribution is 2.22. The van der Waals surface area contributed by atoms with Crippen molar-refractivity contribution in [2.24, 2.45) is 0 Å². The molecular weight excluding hydrogens is 280 g/mol. The molecule has 0 bridgehead atoms. The van der Waals surface area contributed by atoms with Gasteiger partial charge in [-0.2, -0.15) is 0 Å². The Kier molecular flexibility index (Phi) is 7.14. The second kappa shape index (κ2) is 8.61. The van der Waals surface area contributed by atoms with Crippen LogP contribution in [0.15, 0.2) is 0 Å². The minimum atomic E-state index is -0.788. The summed E-state index contributed by atoms with van der Waals surface area (Å²) in [6.07, 6.45) is -1.32. The Morgan fingerprint density at radius 1 is 0.857 bits per heavy atom. The fraction of sp³-hybridized carbons (Fsp3) is 0.786. The maximum atomic E-state index is 11.5. The number of hydrogen-bond acceptors (Lipinski definition) is 7. The van der Waals surface area contributed by atoms with E-state index in [9.17, 15) is 14.4 Å². The fourth-order valence-corrected chi connectivity index (χ4v) is 1.77. The Hall–Kier alpha value is -1.63. The number of rotatable bonds is 6. The lowest BCUT2D eigenvalue weighted by Gasteiger charge is -2.34. The normalized spacial score (nSPS) is 25.0. The third kappa shape index (κ3) is 5.71. The van der Waals surface area contributed by atoms with Crippen LogP contribution in [0.25, 0.3) is 0 Å². The molecule has 0 aromatic rings. The summed E-state index contributed by atoms with van der Waals surface area (Å²) in [6, 6.07) is 0. The fourth-order valence-electron chi connectivity index (χ4n) is 1.77. The van der Waals surface area contributed by atoms with E-state index in [4.69, 9.17) is 18.9 Å². The maximum Gasteiger partial charge on any atom is 0.307 e. The quantitative estimate of drug-likeness (QED) is 0.540. The summed E-state index contributed by atoms with van der Waals surface area (Å²) in [5.41, 5.74) is 0. The van der Waals surface area contributed by atoms with E-state index >= 15 is 0 Å². The molecule has 0 radical (unpaired) electrons. The van der Waals surface area contributed by atoms with E-state index in [2.05, 4.69) is 0 Å². The van der Waals surface area contributed by atoms with Gasteiger partial charge in [0.15, 0.2) is 6.10 Å². The Labute approximate surface area is 123 Å². The Balaban J connectivity index is 2.66. The van der Waals surface area contributed by atoms with E-state index in [-0.39, 0.29) is 32.3 Å². The number of carbonyl (C=O) groups excluding carboxylic acids is 3. The molecule has 0 aromatic carbocycles. The van der Waals surface area contributed by atoms with Crippen LogP contribution in [0.3, 0.4) is 0 Å². The van der Waals surface area contributed by atoms with Gasteiger partial charge in [-0.05, 0) is 0 Å². The molecule has 3 atom stereocenters. The number of esters is 3. The molecule has 120 valence electrons. The van der Waals surface area contributed by atoms with Crippen molar-refractivity contribution in [1.29, 1.82) is 0 Å². The molecule has 7 nitrogen and oxygen atoms in total. The summed E-state index contributed by atoms with van der Waals surface area (Å²) in [5.74, 6) is -1.20. The van der Waals surface area contributed by atoms with Gasteiger partial charge in [0.2, 0.25) is 6.29 Å². The van der Waals surface area contributed by atoms with E-state index in [0.717, 1.165) is 0 Å². The van der Waals surface area contributed by atoms with Crippen LogP contribution in [-0.2, 0) is 33.3 Å². The highest BCUT2D eigenvalue weighted by Gasteiger charge is 2.37. The summed E-state index contributed by atoms with van der Waals surface area (Å²) < 4.78 is 20.9. The second-order valence-electron chi connectivity index (χ2n) is 4.61. The van der Waals surface area contributed by atoms with Crippen molar-refractivity contribution in [2.75, 3.05) is 6.61 Å². The summed E-state index contributed by atoms with van der Waals surface area (Å²) in [4.78, 5) is 34.1. The number of carbonyl (C=O) groups is 3. The first-order valence-electron chi connectivity index (χ1n) is 7.20. The molecule has 7 heteroatoms. The van der Waals surface area contributed by atoms with Gasteiger partial charge in [-0.15, -0.1) is 0 Å². The Morgan fingerprint density at radius 3 is 1.86 bits per heavy atom. The maximum absolute atomic E-state index is 11.5. The molecule has 1 aliphatic rings. The average molecular weight is 302 g/mol. The summed E-state index contributed by atoms with van der Waals surface area (Å²) >= 11 is 0. The SMILES string of the molecule is CCC(=O)O[C@H]1C[C@H](OC(=O)CC)[C@H](OC(=O)CC)CO1. The van der Waals surface area contributed by atoms with Crippen molar-refractivity contribution in [3.63, 3.8) is 0 Å². The Morgan fingerprint density at radius 2 is 1.33 bits per heavy atom. The first-order valence-corrected chi connectivity index (χ1v) is 7.20. The summed E-state index contributed by atoms with van der Waals surface area (Å²) in [6.45, 7) is 5.04. The first-order chi connectivity index (χ1) is 9.99. The molecule has 0 aromatic heterocycles. The highest BCUT2D eigenvalue weighted by atomic mass is 16.7. The highest BCUT2D eigenvalue weighted by molar-refractivity contribution is 5.70. The van der Waals surface area contributed by atoms with Crippen molar-refractivity contribution in [2.45, 2.75) is 65.0 Å². The Bertz CT molecular complexity index is 380. The molecular formula is C14H22O7. The van der Waals surface area contributed by atoms with Crippen molar-refractivity contribution in [1.82, 2.24) is 0 Å². The molecule has 0 aliphatic carbocycles. The summed E-state index contributed by atoms with van der Waals surface area (Å²) in [7, 11) is 0. The number of hydrogen-bond donors (Lipinski definition) is 0. The standard InChI is InChI=1S/C14H22O7/c1-4-11(15)19-9-7-14(21-13(17)6-3)18-8-10(9)20-12(16)5-2/h9-10,14H,4-8H2,1-3H3/t9-,10+,14-/m0/s1. The third-order valence-electron chi connectivity index (χ3n) is 2.98. The van der Waals surface area contributed by atoms with Crippen LogP contribution in [0.2, 0.25) is 0 Å². The van der Waals surface area contributed by atoms with Crippen LogP contribution in [0.1, 0.15) is 46.5 Å². The molecule has 1 aliphatic heterocycles. The van der Waals surface area contributed by atoms with Gasteiger partial charge in [-0.25, -0.2) is 0 Å². The van der Waals surface area contributed by atoms with E-state index in [0.29, 0.717) is 0 Å². The summed E-state index contributed by atoms with van der Waals surface area (Å²) in [5, 5.41) is 0. The van der Waals surface area contributed by atoms with Gasteiger partial charge in [0.25, 0.3) is 0 Å². The largest absolute Gasteiger partial charge is 0.458 e. The van der Waals surface area contributed by atoms with Gasteiger partial charge in [-0.3, -0.25) is 14.4 Å². The molecule has 1 saturated heterocycles. The van der Waals surface area contributed by atoms with Crippen LogP contribution in [0, 0.1) is 0 Å². The third-order valence-corrected chi connectivity index (χ3v) is 2.98. The van der Waals surface area contributed by atoms with Gasteiger partial charge in [0.1, 0.15) is 6.10 Å². The van der Waals surface area contributed by atoms with Crippen LogP contribution in [0.5, 0.6) is 0 Å². The van der Waals surface area contributed by atoms with E-state index in [1.807, 2.05) is 0 Å². The van der Waals surface area contributed by atoms with Crippen molar-refractivity contribution in [3.05, 3.63) is 0 Å². The molecule has 0 saturated carbocycles. The van der Waals surface area contributed by atoms with Gasteiger partial charge < -0.3 is 18.9 Å². The van der Waals surface area contributed by atoms with Crippen LogP contribution in [-0.4, -0.2) is 43.0 Å². The predicted molar refractivity (Wildman–Crippen MR) is 71.1 cm³/mol. The van der Waals surface area contributed by atoms with Crippen molar-refractivity contribution < 1.29 is 33.3 Å². The molecule has 0 amide bonds. The van der Waals surface area contributed by atoms with Crippen molar-refractivity contribution in [3.8, 4) is 0 Å². The first kappa shape index (κ1) is 17.4. The smallest absolute Gasteiger partial charge is 0.307 e. The predicted octanol–water partition coefficient (Wildman–Crippen LogP) is 1.33. The zero-order chi connectivity index (χ0) is 15.8. The van der Waals surface area contributed by atoms with E-state index in [1.54, 1.807) is 20.8 Å². The monoisotopic (exact) mass is 302 g/mol. The molecule has 1 heterocycles. The van der Waals surface area contributed by atoms with Crippen LogP contribution in [0.4, 0.5) is 0 Å². The average Bonchev–Trinajstić information content (AvgIpc) is 2.49. The zero-order valence-corrected chi connectivity index (χ0v) is 12.6. The molecule has 1 fully saturated rings. The molecule has 0 N–H and O–H groups in total. The topological polar surface area (TPSA) is 88.1 Å². The minimum Gasteiger partial charge on any atom is -0.458 e.